The smallest absolute Gasteiger partial charge is 0.122 e. The molecular formula is C17H26N2O2. The van der Waals surface area contributed by atoms with Crippen molar-refractivity contribution in [1.29, 1.82) is 0 Å². The number of benzene rings is 1. The van der Waals surface area contributed by atoms with Crippen molar-refractivity contribution in [2.45, 2.75) is 32.1 Å². The summed E-state index contributed by atoms with van der Waals surface area (Å²) < 4.78 is 5.57. The molecule has 2 N–H and O–H groups in total. The number of aromatic hydroxyl groups is 1. The number of nitrogens with zero attached hydrogens (tertiary/aromatic N) is 1. The molecule has 1 saturated heterocycles. The standard InChI is InChI=1S/C17H26N2O2/c1-21-16-12-13(6-9-19-10-7-18-8-11-19)17(20)15-5-3-2-4-14(15)16/h12,18,20H,2-11H2,1H3. The van der Waals surface area contributed by atoms with E-state index in [2.05, 4.69) is 16.3 Å². The van der Waals surface area contributed by atoms with E-state index in [-0.39, 0.29) is 0 Å². The van der Waals surface area contributed by atoms with E-state index in [1.54, 1.807) is 7.11 Å². The highest BCUT2D eigenvalue weighted by molar-refractivity contribution is 5.54. The van der Waals surface area contributed by atoms with Crippen molar-refractivity contribution in [2.24, 2.45) is 0 Å². The molecular weight excluding hydrogens is 264 g/mol. The maximum atomic E-state index is 10.6. The number of phenols is 1. The van der Waals surface area contributed by atoms with E-state index in [1.807, 2.05) is 0 Å². The fourth-order valence-corrected chi connectivity index (χ4v) is 3.53. The van der Waals surface area contributed by atoms with Crippen LogP contribution in [0.4, 0.5) is 0 Å². The van der Waals surface area contributed by atoms with Crippen LogP contribution in [0.25, 0.3) is 0 Å². The summed E-state index contributed by atoms with van der Waals surface area (Å²) in [5.74, 6) is 1.50. The highest BCUT2D eigenvalue weighted by atomic mass is 16.5. The molecule has 4 nitrogen and oxygen atoms in total. The highest BCUT2D eigenvalue weighted by Gasteiger charge is 2.21. The van der Waals surface area contributed by atoms with Crippen LogP contribution in [-0.4, -0.2) is 49.8 Å². The average Bonchev–Trinajstić information content (AvgIpc) is 2.55. The lowest BCUT2D eigenvalue weighted by Gasteiger charge is -2.28. The molecule has 116 valence electrons. The second-order valence-electron chi connectivity index (χ2n) is 6.09. The molecule has 1 aromatic carbocycles. The van der Waals surface area contributed by atoms with E-state index >= 15 is 0 Å². The third kappa shape index (κ3) is 3.16. The van der Waals surface area contributed by atoms with Crippen LogP contribution in [0.5, 0.6) is 11.5 Å². The summed E-state index contributed by atoms with van der Waals surface area (Å²) in [6, 6.07) is 2.06. The third-order valence-corrected chi connectivity index (χ3v) is 4.79. The molecule has 0 spiro atoms. The number of piperazine rings is 1. The second kappa shape index (κ2) is 6.67. The first-order chi connectivity index (χ1) is 10.3. The van der Waals surface area contributed by atoms with E-state index in [1.165, 1.54) is 18.4 Å². The number of ether oxygens (including phenoxy) is 1. The fraction of sp³-hybridized carbons (Fsp3) is 0.647. The van der Waals surface area contributed by atoms with E-state index in [9.17, 15) is 5.11 Å². The van der Waals surface area contributed by atoms with Crippen LogP contribution in [0.3, 0.4) is 0 Å². The molecule has 2 aliphatic rings. The molecule has 3 rings (SSSR count). The largest absolute Gasteiger partial charge is 0.507 e. The normalized spacial score (nSPS) is 19.3. The van der Waals surface area contributed by atoms with Gasteiger partial charge >= 0.3 is 0 Å². The zero-order valence-electron chi connectivity index (χ0n) is 13.0. The number of nitrogens with one attached hydrogen (secondary N) is 1. The van der Waals surface area contributed by atoms with Gasteiger partial charge in [0, 0.05) is 43.9 Å². The number of hydrogen-bond acceptors (Lipinski definition) is 4. The molecule has 0 unspecified atom stereocenters. The molecule has 1 aromatic rings. The summed E-state index contributed by atoms with van der Waals surface area (Å²) in [5.41, 5.74) is 3.41. The Hall–Kier alpha value is -1.26. The van der Waals surface area contributed by atoms with Crippen LogP contribution in [0, 0.1) is 0 Å². The maximum absolute atomic E-state index is 10.6. The lowest BCUT2D eigenvalue weighted by Crippen LogP contribution is -2.44. The Labute approximate surface area is 127 Å². The van der Waals surface area contributed by atoms with E-state index in [4.69, 9.17) is 4.74 Å². The van der Waals surface area contributed by atoms with Gasteiger partial charge in [-0.3, -0.25) is 0 Å². The number of methoxy groups -OCH3 is 1. The number of rotatable bonds is 4. The Morgan fingerprint density at radius 2 is 1.90 bits per heavy atom. The fourth-order valence-electron chi connectivity index (χ4n) is 3.53. The second-order valence-corrected chi connectivity index (χ2v) is 6.09. The Kier molecular flexibility index (Phi) is 4.66. The van der Waals surface area contributed by atoms with Gasteiger partial charge in [0.15, 0.2) is 0 Å². The average molecular weight is 290 g/mol. The number of fused-ring (bicyclic) bond motifs is 1. The van der Waals surface area contributed by atoms with Gasteiger partial charge < -0.3 is 20.1 Å². The molecule has 1 aliphatic heterocycles. The van der Waals surface area contributed by atoms with Gasteiger partial charge in [-0.25, -0.2) is 0 Å². The molecule has 1 fully saturated rings. The molecule has 0 saturated carbocycles. The van der Waals surface area contributed by atoms with Crippen molar-refractivity contribution in [1.82, 2.24) is 10.2 Å². The quantitative estimate of drug-likeness (QED) is 0.886. The van der Waals surface area contributed by atoms with Gasteiger partial charge in [0.1, 0.15) is 11.5 Å². The predicted molar refractivity (Wildman–Crippen MR) is 84.3 cm³/mol. The molecule has 0 amide bonds. The van der Waals surface area contributed by atoms with E-state index in [0.29, 0.717) is 5.75 Å². The molecule has 1 heterocycles. The molecule has 1 aliphatic carbocycles. The van der Waals surface area contributed by atoms with Crippen molar-refractivity contribution >= 4 is 0 Å². The number of phenolic OH excluding ortho intramolecular Hbond substituents is 1. The topological polar surface area (TPSA) is 44.7 Å². The van der Waals surface area contributed by atoms with Gasteiger partial charge in [0.05, 0.1) is 7.11 Å². The summed E-state index contributed by atoms with van der Waals surface area (Å²) in [7, 11) is 1.74. The Balaban J connectivity index is 1.77. The summed E-state index contributed by atoms with van der Waals surface area (Å²) in [4.78, 5) is 2.46. The van der Waals surface area contributed by atoms with Crippen molar-refractivity contribution < 1.29 is 9.84 Å². The molecule has 0 aromatic heterocycles. The van der Waals surface area contributed by atoms with Crippen LogP contribution in [-0.2, 0) is 19.3 Å². The van der Waals surface area contributed by atoms with Crippen LogP contribution in [0.1, 0.15) is 29.5 Å². The Morgan fingerprint density at radius 3 is 2.62 bits per heavy atom. The minimum absolute atomic E-state index is 0.528. The predicted octanol–water partition coefficient (Wildman–Crippen LogP) is 1.73. The van der Waals surface area contributed by atoms with Gasteiger partial charge in [-0.05, 0) is 43.7 Å². The maximum Gasteiger partial charge on any atom is 0.122 e. The van der Waals surface area contributed by atoms with Crippen molar-refractivity contribution in [3.8, 4) is 11.5 Å². The molecule has 21 heavy (non-hydrogen) atoms. The molecule has 4 heteroatoms. The van der Waals surface area contributed by atoms with Crippen LogP contribution >= 0.6 is 0 Å². The van der Waals surface area contributed by atoms with Crippen LogP contribution in [0.2, 0.25) is 0 Å². The summed E-state index contributed by atoms with van der Waals surface area (Å²) in [5, 5.41) is 14.0. The zero-order chi connectivity index (χ0) is 14.7. The first kappa shape index (κ1) is 14.7. The third-order valence-electron chi connectivity index (χ3n) is 4.79. The summed E-state index contributed by atoms with van der Waals surface area (Å²) >= 11 is 0. The monoisotopic (exact) mass is 290 g/mol. The lowest BCUT2D eigenvalue weighted by molar-refractivity contribution is 0.243. The first-order valence-corrected chi connectivity index (χ1v) is 8.13. The minimum Gasteiger partial charge on any atom is -0.507 e. The van der Waals surface area contributed by atoms with Crippen molar-refractivity contribution in [2.75, 3.05) is 39.8 Å². The lowest BCUT2D eigenvalue weighted by atomic mass is 9.88. The van der Waals surface area contributed by atoms with Gasteiger partial charge in [-0.15, -0.1) is 0 Å². The molecule has 0 bridgehead atoms. The van der Waals surface area contributed by atoms with E-state index in [0.717, 1.165) is 68.9 Å². The van der Waals surface area contributed by atoms with Crippen LogP contribution in [0.15, 0.2) is 6.07 Å². The summed E-state index contributed by atoms with van der Waals surface area (Å²) in [6.07, 6.45) is 5.28. The SMILES string of the molecule is COc1cc(CCN2CCNCC2)c(O)c2c1CCCC2. The molecule has 0 atom stereocenters. The van der Waals surface area contributed by atoms with Crippen LogP contribution < -0.4 is 10.1 Å². The summed E-state index contributed by atoms with van der Waals surface area (Å²) in [6.45, 7) is 5.35. The zero-order valence-corrected chi connectivity index (χ0v) is 13.0. The number of hydrogen-bond donors (Lipinski definition) is 2. The minimum atomic E-state index is 0.528. The van der Waals surface area contributed by atoms with Crippen molar-refractivity contribution in [3.05, 3.63) is 22.8 Å². The van der Waals surface area contributed by atoms with Gasteiger partial charge in [-0.2, -0.15) is 0 Å². The van der Waals surface area contributed by atoms with Gasteiger partial charge in [-0.1, -0.05) is 0 Å². The van der Waals surface area contributed by atoms with Gasteiger partial charge in [0.2, 0.25) is 0 Å². The highest BCUT2D eigenvalue weighted by Crippen LogP contribution is 2.38. The Bertz CT molecular complexity index is 496. The first-order valence-electron chi connectivity index (χ1n) is 8.13. The van der Waals surface area contributed by atoms with Gasteiger partial charge in [0.25, 0.3) is 0 Å². The van der Waals surface area contributed by atoms with E-state index < -0.39 is 0 Å². The molecule has 0 radical (unpaired) electrons. The van der Waals surface area contributed by atoms with Crippen molar-refractivity contribution in [3.63, 3.8) is 0 Å². The Morgan fingerprint density at radius 1 is 1.19 bits per heavy atom.